The van der Waals surface area contributed by atoms with Gasteiger partial charge in [-0.15, -0.1) is 0 Å². The summed E-state index contributed by atoms with van der Waals surface area (Å²) in [5.74, 6) is -1.77. The molecule has 0 spiro atoms. The highest BCUT2D eigenvalue weighted by Crippen LogP contribution is 2.04. The molecule has 102 valence electrons. The maximum atomic E-state index is 11.9. The summed E-state index contributed by atoms with van der Waals surface area (Å²) < 4.78 is 0. The molecular weight excluding hydrogens is 258 g/mol. The summed E-state index contributed by atoms with van der Waals surface area (Å²) in [4.78, 5) is 26.6. The number of carboxylic acids is 1. The zero-order valence-corrected chi connectivity index (χ0v) is 10.5. The summed E-state index contributed by atoms with van der Waals surface area (Å²) in [6.07, 6.45) is 1.37. The number of amides is 1. The van der Waals surface area contributed by atoms with Crippen LogP contribution in [0.1, 0.15) is 26.4 Å². The molecule has 0 aliphatic rings. The highest BCUT2D eigenvalue weighted by Gasteiger charge is 2.16. The zero-order chi connectivity index (χ0) is 14.4. The number of nitrogens with zero attached hydrogens (tertiary/aromatic N) is 1. The van der Waals surface area contributed by atoms with E-state index in [9.17, 15) is 9.59 Å². The van der Waals surface area contributed by atoms with Crippen LogP contribution in [-0.2, 0) is 6.54 Å². The summed E-state index contributed by atoms with van der Waals surface area (Å²) in [7, 11) is 0. The standard InChI is InChI=1S/C14H13N3O3/c18-13(12-11(14(19)20)7-4-8-15-12)17-16-9-10-5-2-1-3-6-10/h1-8,16H,9H2,(H,17,18)(H,19,20). The van der Waals surface area contributed by atoms with Gasteiger partial charge in [0.2, 0.25) is 0 Å². The van der Waals surface area contributed by atoms with Crippen LogP contribution in [0.2, 0.25) is 0 Å². The lowest BCUT2D eigenvalue weighted by Crippen LogP contribution is -2.38. The van der Waals surface area contributed by atoms with Crippen LogP contribution in [0.3, 0.4) is 0 Å². The number of carbonyl (C=O) groups is 2. The lowest BCUT2D eigenvalue weighted by atomic mass is 10.2. The van der Waals surface area contributed by atoms with Crippen LogP contribution in [0.4, 0.5) is 0 Å². The van der Waals surface area contributed by atoms with Gasteiger partial charge >= 0.3 is 5.97 Å². The van der Waals surface area contributed by atoms with Gasteiger partial charge in [0.05, 0.1) is 5.56 Å². The second kappa shape index (κ2) is 6.44. The average Bonchev–Trinajstić information content (AvgIpc) is 2.48. The first kappa shape index (κ1) is 13.7. The van der Waals surface area contributed by atoms with Crippen molar-refractivity contribution in [3.05, 3.63) is 65.5 Å². The van der Waals surface area contributed by atoms with Gasteiger partial charge in [-0.2, -0.15) is 0 Å². The summed E-state index contributed by atoms with van der Waals surface area (Å²) in [6, 6.07) is 12.3. The highest BCUT2D eigenvalue weighted by atomic mass is 16.4. The van der Waals surface area contributed by atoms with Gasteiger partial charge in [-0.25, -0.2) is 10.2 Å². The van der Waals surface area contributed by atoms with Crippen molar-refractivity contribution in [3.63, 3.8) is 0 Å². The van der Waals surface area contributed by atoms with Crippen molar-refractivity contribution < 1.29 is 14.7 Å². The van der Waals surface area contributed by atoms with Crippen molar-refractivity contribution in [2.45, 2.75) is 6.54 Å². The number of pyridine rings is 1. The SMILES string of the molecule is O=C(O)c1cccnc1C(=O)NNCc1ccccc1. The minimum atomic E-state index is -1.19. The van der Waals surface area contributed by atoms with Crippen molar-refractivity contribution in [2.24, 2.45) is 0 Å². The normalized spacial score (nSPS) is 10.0. The molecular formula is C14H13N3O3. The molecule has 3 N–H and O–H groups in total. The van der Waals surface area contributed by atoms with Gasteiger partial charge in [0, 0.05) is 12.7 Å². The maximum Gasteiger partial charge on any atom is 0.338 e. The summed E-state index contributed by atoms with van der Waals surface area (Å²) >= 11 is 0. The molecule has 0 fully saturated rings. The Morgan fingerprint density at radius 3 is 2.55 bits per heavy atom. The predicted molar refractivity (Wildman–Crippen MR) is 71.9 cm³/mol. The molecule has 2 rings (SSSR count). The van der Waals surface area contributed by atoms with Crippen molar-refractivity contribution in [1.82, 2.24) is 15.8 Å². The van der Waals surface area contributed by atoms with Gasteiger partial charge in [0.15, 0.2) is 0 Å². The fourth-order valence-corrected chi connectivity index (χ4v) is 1.64. The molecule has 0 saturated heterocycles. The third kappa shape index (κ3) is 3.39. The molecule has 0 radical (unpaired) electrons. The fraction of sp³-hybridized carbons (Fsp3) is 0.0714. The molecule has 0 aliphatic heterocycles. The Morgan fingerprint density at radius 1 is 1.10 bits per heavy atom. The molecule has 1 aromatic carbocycles. The Kier molecular flexibility index (Phi) is 4.41. The minimum Gasteiger partial charge on any atom is -0.478 e. The Labute approximate surface area is 115 Å². The molecule has 0 bridgehead atoms. The van der Waals surface area contributed by atoms with Crippen molar-refractivity contribution in [1.29, 1.82) is 0 Å². The van der Waals surface area contributed by atoms with Crippen molar-refractivity contribution >= 4 is 11.9 Å². The van der Waals surface area contributed by atoms with Gasteiger partial charge in [-0.1, -0.05) is 30.3 Å². The van der Waals surface area contributed by atoms with E-state index in [2.05, 4.69) is 15.8 Å². The fourth-order valence-electron chi connectivity index (χ4n) is 1.64. The number of hydrogen-bond donors (Lipinski definition) is 3. The van der Waals surface area contributed by atoms with E-state index >= 15 is 0 Å². The molecule has 0 atom stereocenters. The summed E-state index contributed by atoms with van der Waals surface area (Å²) in [6.45, 7) is 0.432. The van der Waals surface area contributed by atoms with E-state index in [1.807, 2.05) is 30.3 Å². The predicted octanol–water partition coefficient (Wildman–Crippen LogP) is 1.21. The van der Waals surface area contributed by atoms with Crippen LogP contribution in [0.25, 0.3) is 0 Å². The topological polar surface area (TPSA) is 91.3 Å². The van der Waals surface area contributed by atoms with Gasteiger partial charge in [-0.05, 0) is 17.7 Å². The van der Waals surface area contributed by atoms with E-state index in [4.69, 9.17) is 5.11 Å². The molecule has 6 heteroatoms. The second-order valence-electron chi connectivity index (χ2n) is 4.00. The quantitative estimate of drug-likeness (QED) is 0.711. The lowest BCUT2D eigenvalue weighted by molar-refractivity contribution is 0.0689. The minimum absolute atomic E-state index is 0.124. The first-order chi connectivity index (χ1) is 9.68. The van der Waals surface area contributed by atoms with Gasteiger partial charge in [0.1, 0.15) is 5.69 Å². The molecule has 0 unspecified atom stereocenters. The number of carbonyl (C=O) groups excluding carboxylic acids is 1. The highest BCUT2D eigenvalue weighted by molar-refractivity contribution is 6.02. The number of rotatable bonds is 5. The molecule has 1 heterocycles. The number of aromatic nitrogens is 1. The number of aromatic carboxylic acids is 1. The van der Waals surface area contributed by atoms with Crippen LogP contribution >= 0.6 is 0 Å². The van der Waals surface area contributed by atoms with E-state index in [0.29, 0.717) is 6.54 Å². The van der Waals surface area contributed by atoms with Crippen LogP contribution in [0.5, 0.6) is 0 Å². The average molecular weight is 271 g/mol. The van der Waals surface area contributed by atoms with Gasteiger partial charge < -0.3 is 5.11 Å². The third-order valence-corrected chi connectivity index (χ3v) is 2.59. The maximum absolute atomic E-state index is 11.9. The smallest absolute Gasteiger partial charge is 0.338 e. The van der Waals surface area contributed by atoms with Gasteiger partial charge in [-0.3, -0.25) is 15.2 Å². The summed E-state index contributed by atoms with van der Waals surface area (Å²) in [5.41, 5.74) is 5.90. The van der Waals surface area contributed by atoms with Crippen LogP contribution in [-0.4, -0.2) is 22.0 Å². The molecule has 1 aromatic heterocycles. The number of hydrazine groups is 1. The monoisotopic (exact) mass is 271 g/mol. The molecule has 6 nitrogen and oxygen atoms in total. The van der Waals surface area contributed by atoms with Crippen molar-refractivity contribution in [3.8, 4) is 0 Å². The first-order valence-electron chi connectivity index (χ1n) is 5.94. The second-order valence-corrected chi connectivity index (χ2v) is 4.00. The van der Waals surface area contributed by atoms with Crippen LogP contribution in [0.15, 0.2) is 48.7 Å². The van der Waals surface area contributed by atoms with E-state index in [1.54, 1.807) is 0 Å². The Bertz CT molecular complexity index is 614. The summed E-state index contributed by atoms with van der Waals surface area (Å²) in [5, 5.41) is 8.98. The Morgan fingerprint density at radius 2 is 1.85 bits per heavy atom. The number of nitrogens with one attached hydrogen (secondary N) is 2. The molecule has 2 aromatic rings. The first-order valence-corrected chi connectivity index (χ1v) is 5.94. The van der Waals surface area contributed by atoms with Crippen LogP contribution in [0, 0.1) is 0 Å². The van der Waals surface area contributed by atoms with E-state index in [0.717, 1.165) is 5.56 Å². The number of hydrogen-bond acceptors (Lipinski definition) is 4. The lowest BCUT2D eigenvalue weighted by Gasteiger charge is -2.08. The molecule has 0 aliphatic carbocycles. The molecule has 20 heavy (non-hydrogen) atoms. The van der Waals surface area contributed by atoms with Crippen molar-refractivity contribution in [2.75, 3.05) is 0 Å². The van der Waals surface area contributed by atoms with E-state index in [-0.39, 0.29) is 11.3 Å². The largest absolute Gasteiger partial charge is 0.478 e. The molecule has 1 amide bonds. The van der Waals surface area contributed by atoms with E-state index in [1.165, 1.54) is 18.3 Å². The van der Waals surface area contributed by atoms with E-state index < -0.39 is 11.9 Å². The molecule has 0 saturated carbocycles. The Balaban J connectivity index is 1.97. The number of benzene rings is 1. The number of carboxylic acid groups (broad SMARTS) is 1. The zero-order valence-electron chi connectivity index (χ0n) is 10.5. The van der Waals surface area contributed by atoms with Crippen LogP contribution < -0.4 is 10.9 Å². The Hall–Kier alpha value is -2.73. The van der Waals surface area contributed by atoms with Gasteiger partial charge in [0.25, 0.3) is 5.91 Å². The third-order valence-electron chi connectivity index (χ3n) is 2.59.